The van der Waals surface area contributed by atoms with Crippen LogP contribution in [0, 0.1) is 0 Å². The summed E-state index contributed by atoms with van der Waals surface area (Å²) >= 11 is 0. The first-order valence-electron chi connectivity index (χ1n) is 3.90. The maximum Gasteiger partial charge on any atom is 1.00 e. The van der Waals surface area contributed by atoms with Gasteiger partial charge in [0.25, 0.3) is 5.56 Å². The summed E-state index contributed by atoms with van der Waals surface area (Å²) in [6.07, 6.45) is 1.52. The maximum absolute atomic E-state index is 11.2. The summed E-state index contributed by atoms with van der Waals surface area (Å²) in [6.45, 7) is 2.57. The van der Waals surface area contributed by atoms with Crippen LogP contribution >= 0.6 is 0 Å². The fraction of sp³-hybridized carbons (Fsp3) is 0.286. The van der Waals surface area contributed by atoms with E-state index in [2.05, 4.69) is 15.0 Å². The minimum atomic E-state index is -0.507. The van der Waals surface area contributed by atoms with Crippen molar-refractivity contribution in [1.82, 2.24) is 19.5 Å². The quantitative estimate of drug-likeness (QED) is 0.490. The molecule has 0 fully saturated rings. The van der Waals surface area contributed by atoms with E-state index in [-0.39, 0.29) is 58.3 Å². The van der Waals surface area contributed by atoms with Gasteiger partial charge in [-0.15, -0.1) is 0 Å². The molecule has 0 spiro atoms. The molecule has 0 aromatic carbocycles. The molecular formula is C7H9KN4O2. The van der Waals surface area contributed by atoms with Gasteiger partial charge in [0, 0.05) is 6.54 Å². The first-order valence-corrected chi connectivity index (χ1v) is 3.90. The van der Waals surface area contributed by atoms with Crippen molar-refractivity contribution >= 4 is 11.2 Å². The fourth-order valence-corrected chi connectivity index (χ4v) is 1.22. The van der Waals surface area contributed by atoms with Crippen molar-refractivity contribution in [3.05, 3.63) is 27.2 Å². The van der Waals surface area contributed by atoms with Crippen LogP contribution < -0.4 is 62.6 Å². The van der Waals surface area contributed by atoms with Crippen molar-refractivity contribution in [1.29, 1.82) is 0 Å². The number of hydrogen-bond donors (Lipinski definition) is 2. The summed E-state index contributed by atoms with van der Waals surface area (Å²) in [5.41, 5.74) is -0.226. The number of rotatable bonds is 1. The van der Waals surface area contributed by atoms with Crippen LogP contribution in [-0.4, -0.2) is 19.5 Å². The van der Waals surface area contributed by atoms with Gasteiger partial charge in [-0.3, -0.25) is 14.8 Å². The van der Waals surface area contributed by atoms with E-state index >= 15 is 0 Å². The molecule has 0 atom stereocenters. The molecule has 0 saturated heterocycles. The van der Waals surface area contributed by atoms with E-state index in [9.17, 15) is 9.59 Å². The van der Waals surface area contributed by atoms with Crippen molar-refractivity contribution in [2.45, 2.75) is 13.5 Å². The zero-order valence-electron chi connectivity index (χ0n) is 9.00. The second-order valence-electron chi connectivity index (χ2n) is 2.64. The maximum atomic E-state index is 11.2. The number of nitrogens with one attached hydrogen (secondary N) is 2. The Kier molecular flexibility index (Phi) is 3.84. The number of fused-ring (bicyclic) bond motifs is 1. The molecule has 14 heavy (non-hydrogen) atoms. The molecule has 2 aromatic rings. The van der Waals surface area contributed by atoms with E-state index in [0.717, 1.165) is 0 Å². The van der Waals surface area contributed by atoms with E-state index in [1.807, 2.05) is 6.92 Å². The molecule has 0 aliphatic rings. The van der Waals surface area contributed by atoms with Gasteiger partial charge < -0.3 is 5.99 Å². The van der Waals surface area contributed by atoms with Crippen molar-refractivity contribution in [2.75, 3.05) is 0 Å². The molecule has 2 heterocycles. The number of aromatic nitrogens is 4. The molecule has 0 saturated carbocycles. The Labute approximate surface area is 123 Å². The molecule has 0 radical (unpaired) electrons. The SMILES string of the molecule is CCn1cnc2c(=O)[nH]c(=O)[nH]c21.[H-].[K+]. The van der Waals surface area contributed by atoms with Crippen LogP contribution in [0.5, 0.6) is 0 Å². The Morgan fingerprint density at radius 3 is 2.86 bits per heavy atom. The smallest absolute Gasteiger partial charge is 1.00 e. The number of H-pyrrole nitrogens is 2. The zero-order chi connectivity index (χ0) is 9.42. The largest absolute Gasteiger partial charge is 1.00 e. The zero-order valence-corrected chi connectivity index (χ0v) is 11.1. The van der Waals surface area contributed by atoms with Crippen LogP contribution in [0.1, 0.15) is 8.35 Å². The predicted octanol–water partition coefficient (Wildman–Crippen LogP) is -3.45. The summed E-state index contributed by atoms with van der Waals surface area (Å²) in [5.74, 6) is 0. The standard InChI is InChI=1S/C7H8N4O2.K.H/c1-2-11-3-8-4-5(11)9-7(13)10-6(4)12;;/h3H,2H2,1H3,(H2,9,10,12,13);;/q;+1;-1. The van der Waals surface area contributed by atoms with Gasteiger partial charge in [-0.05, 0) is 6.92 Å². The Hall–Kier alpha value is -0.214. The third-order valence-corrected chi connectivity index (χ3v) is 1.85. The molecule has 0 amide bonds. The second-order valence-corrected chi connectivity index (χ2v) is 2.64. The fourth-order valence-electron chi connectivity index (χ4n) is 1.22. The van der Waals surface area contributed by atoms with Gasteiger partial charge in [0.15, 0.2) is 5.52 Å². The number of aryl methyl sites for hydroxylation is 1. The average molecular weight is 220 g/mol. The third kappa shape index (κ3) is 1.91. The predicted molar refractivity (Wildman–Crippen MR) is 47.8 cm³/mol. The monoisotopic (exact) mass is 220 g/mol. The molecule has 0 aliphatic heterocycles. The molecule has 2 aromatic heterocycles. The molecule has 70 valence electrons. The number of aromatic amines is 2. The van der Waals surface area contributed by atoms with Crippen molar-refractivity contribution in [3.8, 4) is 0 Å². The third-order valence-electron chi connectivity index (χ3n) is 1.85. The average Bonchev–Trinajstić information content (AvgIpc) is 2.47. The molecule has 2 N–H and O–H groups in total. The van der Waals surface area contributed by atoms with Crippen molar-refractivity contribution in [2.24, 2.45) is 0 Å². The van der Waals surface area contributed by atoms with Crippen LogP contribution in [0.2, 0.25) is 0 Å². The number of hydrogen-bond acceptors (Lipinski definition) is 3. The van der Waals surface area contributed by atoms with Crippen LogP contribution in [0.25, 0.3) is 11.2 Å². The Morgan fingerprint density at radius 2 is 2.21 bits per heavy atom. The van der Waals surface area contributed by atoms with E-state index in [1.165, 1.54) is 6.33 Å². The van der Waals surface area contributed by atoms with E-state index < -0.39 is 11.2 Å². The summed E-state index contributed by atoms with van der Waals surface area (Å²) in [6, 6.07) is 0. The van der Waals surface area contributed by atoms with Gasteiger partial charge in [0.2, 0.25) is 0 Å². The Balaban J connectivity index is 0.000000980. The molecule has 2 rings (SSSR count). The summed E-state index contributed by atoms with van der Waals surface area (Å²) in [5, 5.41) is 0. The van der Waals surface area contributed by atoms with E-state index in [1.54, 1.807) is 4.57 Å². The summed E-state index contributed by atoms with van der Waals surface area (Å²) in [7, 11) is 0. The minimum Gasteiger partial charge on any atom is -1.00 e. The van der Waals surface area contributed by atoms with Gasteiger partial charge in [-0.2, -0.15) is 0 Å². The van der Waals surface area contributed by atoms with Gasteiger partial charge in [0.05, 0.1) is 6.33 Å². The van der Waals surface area contributed by atoms with Crippen molar-refractivity contribution < 1.29 is 52.8 Å². The van der Waals surface area contributed by atoms with Crippen LogP contribution in [0.3, 0.4) is 0 Å². The van der Waals surface area contributed by atoms with Crippen molar-refractivity contribution in [3.63, 3.8) is 0 Å². The summed E-state index contributed by atoms with van der Waals surface area (Å²) < 4.78 is 1.70. The van der Waals surface area contributed by atoms with Gasteiger partial charge in [0.1, 0.15) is 5.65 Å². The van der Waals surface area contributed by atoms with Gasteiger partial charge in [-0.25, -0.2) is 9.78 Å². The topological polar surface area (TPSA) is 83.5 Å². The van der Waals surface area contributed by atoms with Gasteiger partial charge in [-0.1, -0.05) is 0 Å². The molecular weight excluding hydrogens is 211 g/mol. The first kappa shape index (κ1) is 11.9. The van der Waals surface area contributed by atoms with Crippen LogP contribution in [0.15, 0.2) is 15.9 Å². The second kappa shape index (κ2) is 4.54. The first-order chi connectivity index (χ1) is 6.22. The molecule has 7 heteroatoms. The van der Waals surface area contributed by atoms with E-state index in [4.69, 9.17) is 0 Å². The molecule has 0 unspecified atom stereocenters. The number of nitrogens with zero attached hydrogens (tertiary/aromatic N) is 2. The normalized spacial score (nSPS) is 10.1. The Morgan fingerprint density at radius 1 is 1.50 bits per heavy atom. The van der Waals surface area contributed by atoms with Gasteiger partial charge >= 0.3 is 57.1 Å². The van der Waals surface area contributed by atoms with E-state index in [0.29, 0.717) is 12.2 Å². The number of imidazole rings is 1. The molecule has 0 aliphatic carbocycles. The molecule has 6 nitrogen and oxygen atoms in total. The Bertz CT molecular complexity index is 558. The van der Waals surface area contributed by atoms with Crippen LogP contribution in [-0.2, 0) is 6.54 Å². The minimum absolute atomic E-state index is 0. The van der Waals surface area contributed by atoms with Crippen LogP contribution in [0.4, 0.5) is 0 Å². The summed E-state index contributed by atoms with van der Waals surface area (Å²) in [4.78, 5) is 30.6. The molecule has 0 bridgehead atoms.